The summed E-state index contributed by atoms with van der Waals surface area (Å²) >= 11 is 0. The molecule has 1 N–H and O–H groups in total. The van der Waals surface area contributed by atoms with Crippen LogP contribution in [0.25, 0.3) is 0 Å². The van der Waals surface area contributed by atoms with Gasteiger partial charge in [0.25, 0.3) is 0 Å². The lowest BCUT2D eigenvalue weighted by molar-refractivity contribution is -0.102. The van der Waals surface area contributed by atoms with E-state index in [4.69, 9.17) is 4.74 Å². The highest BCUT2D eigenvalue weighted by Gasteiger charge is 2.30. The second kappa shape index (κ2) is 4.84. The number of hydrogen-bond acceptors (Lipinski definition) is 2. The first-order valence-electron chi connectivity index (χ1n) is 6.54. The van der Waals surface area contributed by atoms with E-state index < -0.39 is 0 Å². The number of morpholine rings is 1. The molecule has 0 aromatic rings. The first kappa shape index (κ1) is 11.4. The van der Waals surface area contributed by atoms with Gasteiger partial charge >= 0.3 is 0 Å². The van der Waals surface area contributed by atoms with E-state index in [2.05, 4.69) is 19.2 Å². The third kappa shape index (κ3) is 3.46. The molecule has 2 aliphatic rings. The Bertz CT molecular complexity index is 197. The van der Waals surface area contributed by atoms with Crippen molar-refractivity contribution in [2.45, 2.75) is 64.1 Å². The first-order chi connectivity index (χ1) is 7.16. The Morgan fingerprint density at radius 1 is 1.20 bits per heavy atom. The molecule has 15 heavy (non-hydrogen) atoms. The van der Waals surface area contributed by atoms with Gasteiger partial charge in [-0.25, -0.2) is 0 Å². The molecule has 1 atom stereocenters. The molecule has 0 spiro atoms. The van der Waals surface area contributed by atoms with Gasteiger partial charge in [-0.15, -0.1) is 0 Å². The summed E-state index contributed by atoms with van der Waals surface area (Å²) in [6.45, 7) is 6.42. The van der Waals surface area contributed by atoms with Crippen molar-refractivity contribution in [1.29, 1.82) is 0 Å². The van der Waals surface area contributed by atoms with Crippen LogP contribution in [-0.4, -0.2) is 24.8 Å². The monoisotopic (exact) mass is 211 g/mol. The van der Waals surface area contributed by atoms with E-state index in [0.717, 1.165) is 19.0 Å². The second-order valence-electron chi connectivity index (χ2n) is 5.87. The van der Waals surface area contributed by atoms with Gasteiger partial charge < -0.3 is 10.1 Å². The topological polar surface area (TPSA) is 21.3 Å². The SMILES string of the molecule is CC1(C)CNCC(CC2CCCCC2)O1. The van der Waals surface area contributed by atoms with Crippen molar-refractivity contribution in [3.05, 3.63) is 0 Å². The van der Waals surface area contributed by atoms with Crippen LogP contribution in [0.3, 0.4) is 0 Å². The van der Waals surface area contributed by atoms with Crippen LogP contribution >= 0.6 is 0 Å². The maximum absolute atomic E-state index is 6.11. The van der Waals surface area contributed by atoms with Crippen LogP contribution < -0.4 is 5.32 Å². The lowest BCUT2D eigenvalue weighted by Crippen LogP contribution is -2.50. The Balaban J connectivity index is 1.78. The largest absolute Gasteiger partial charge is 0.370 e. The highest BCUT2D eigenvalue weighted by atomic mass is 16.5. The number of ether oxygens (including phenoxy) is 1. The number of hydrogen-bond donors (Lipinski definition) is 1. The summed E-state index contributed by atoms with van der Waals surface area (Å²) in [6, 6.07) is 0. The number of rotatable bonds is 2. The Hall–Kier alpha value is -0.0800. The molecular weight excluding hydrogens is 186 g/mol. The molecular formula is C13H25NO. The highest BCUT2D eigenvalue weighted by molar-refractivity contribution is 4.83. The van der Waals surface area contributed by atoms with Gasteiger partial charge in [0.05, 0.1) is 11.7 Å². The lowest BCUT2D eigenvalue weighted by Gasteiger charge is -2.38. The Morgan fingerprint density at radius 3 is 2.60 bits per heavy atom. The molecule has 0 aromatic heterocycles. The Morgan fingerprint density at radius 2 is 1.93 bits per heavy atom. The van der Waals surface area contributed by atoms with Crippen LogP contribution in [-0.2, 0) is 4.74 Å². The third-order valence-electron chi connectivity index (χ3n) is 3.73. The average Bonchev–Trinajstić information content (AvgIpc) is 2.17. The van der Waals surface area contributed by atoms with Gasteiger partial charge in [0.15, 0.2) is 0 Å². The van der Waals surface area contributed by atoms with E-state index in [9.17, 15) is 0 Å². The van der Waals surface area contributed by atoms with Gasteiger partial charge in [0, 0.05) is 13.1 Å². The van der Waals surface area contributed by atoms with Crippen molar-refractivity contribution in [3.63, 3.8) is 0 Å². The average molecular weight is 211 g/mol. The summed E-state index contributed by atoms with van der Waals surface area (Å²) in [5.41, 5.74) is 0.0393. The standard InChI is InChI=1S/C13H25NO/c1-13(2)10-14-9-12(15-13)8-11-6-4-3-5-7-11/h11-12,14H,3-10H2,1-2H3. The number of nitrogens with one attached hydrogen (secondary N) is 1. The summed E-state index contributed by atoms with van der Waals surface area (Å²) in [5.74, 6) is 0.930. The molecule has 88 valence electrons. The van der Waals surface area contributed by atoms with E-state index in [1.807, 2.05) is 0 Å². The first-order valence-corrected chi connectivity index (χ1v) is 6.54. The molecule has 0 radical (unpaired) electrons. The minimum Gasteiger partial charge on any atom is -0.370 e. The molecule has 0 bridgehead atoms. The van der Waals surface area contributed by atoms with Crippen molar-refractivity contribution >= 4 is 0 Å². The van der Waals surface area contributed by atoms with Crippen LogP contribution in [0.5, 0.6) is 0 Å². The van der Waals surface area contributed by atoms with Gasteiger partial charge in [-0.1, -0.05) is 32.1 Å². The van der Waals surface area contributed by atoms with Gasteiger partial charge in [-0.05, 0) is 26.2 Å². The van der Waals surface area contributed by atoms with Crippen molar-refractivity contribution in [2.75, 3.05) is 13.1 Å². The second-order valence-corrected chi connectivity index (χ2v) is 5.87. The van der Waals surface area contributed by atoms with Crippen molar-refractivity contribution in [2.24, 2.45) is 5.92 Å². The van der Waals surface area contributed by atoms with Crippen LogP contribution in [0.4, 0.5) is 0 Å². The van der Waals surface area contributed by atoms with E-state index in [-0.39, 0.29) is 5.60 Å². The quantitative estimate of drug-likeness (QED) is 0.758. The van der Waals surface area contributed by atoms with Crippen LogP contribution in [0, 0.1) is 5.92 Å². The molecule has 1 aliphatic heterocycles. The van der Waals surface area contributed by atoms with Gasteiger partial charge in [-0.2, -0.15) is 0 Å². The molecule has 1 saturated heterocycles. The van der Waals surface area contributed by atoms with Crippen LogP contribution in [0.2, 0.25) is 0 Å². The molecule has 1 heterocycles. The van der Waals surface area contributed by atoms with E-state index in [0.29, 0.717) is 6.10 Å². The molecule has 1 unspecified atom stereocenters. The molecule has 1 saturated carbocycles. The zero-order valence-electron chi connectivity index (χ0n) is 10.2. The molecule has 2 rings (SSSR count). The van der Waals surface area contributed by atoms with Crippen molar-refractivity contribution in [3.8, 4) is 0 Å². The Kier molecular flexibility index (Phi) is 3.68. The molecule has 2 fully saturated rings. The Labute approximate surface area is 93.8 Å². The van der Waals surface area contributed by atoms with E-state index in [1.165, 1.54) is 38.5 Å². The summed E-state index contributed by atoms with van der Waals surface area (Å²) in [4.78, 5) is 0. The van der Waals surface area contributed by atoms with E-state index in [1.54, 1.807) is 0 Å². The van der Waals surface area contributed by atoms with Crippen LogP contribution in [0.15, 0.2) is 0 Å². The summed E-state index contributed by atoms with van der Waals surface area (Å²) in [6.07, 6.45) is 8.92. The van der Waals surface area contributed by atoms with Crippen molar-refractivity contribution in [1.82, 2.24) is 5.32 Å². The molecule has 1 aliphatic carbocycles. The summed E-state index contributed by atoms with van der Waals surface area (Å²) in [5, 5.41) is 3.49. The summed E-state index contributed by atoms with van der Waals surface area (Å²) < 4.78 is 6.11. The normalized spacial score (nSPS) is 32.8. The molecule has 2 nitrogen and oxygen atoms in total. The lowest BCUT2D eigenvalue weighted by atomic mass is 9.85. The smallest absolute Gasteiger partial charge is 0.0754 e. The predicted molar refractivity (Wildman–Crippen MR) is 63.0 cm³/mol. The van der Waals surface area contributed by atoms with E-state index >= 15 is 0 Å². The summed E-state index contributed by atoms with van der Waals surface area (Å²) in [7, 11) is 0. The van der Waals surface area contributed by atoms with Crippen molar-refractivity contribution < 1.29 is 4.74 Å². The predicted octanol–water partition coefficient (Wildman–Crippen LogP) is 2.72. The molecule has 0 amide bonds. The van der Waals surface area contributed by atoms with Gasteiger partial charge in [0.2, 0.25) is 0 Å². The zero-order chi connectivity index (χ0) is 10.7. The fourth-order valence-corrected chi connectivity index (χ4v) is 2.99. The minimum atomic E-state index is 0.0393. The fourth-order valence-electron chi connectivity index (χ4n) is 2.99. The third-order valence-corrected chi connectivity index (χ3v) is 3.73. The molecule has 2 heteroatoms. The minimum absolute atomic E-state index is 0.0393. The maximum Gasteiger partial charge on any atom is 0.0754 e. The van der Waals surface area contributed by atoms with Gasteiger partial charge in [-0.3, -0.25) is 0 Å². The zero-order valence-corrected chi connectivity index (χ0v) is 10.2. The fraction of sp³-hybridized carbons (Fsp3) is 1.00. The maximum atomic E-state index is 6.11. The van der Waals surface area contributed by atoms with Crippen LogP contribution in [0.1, 0.15) is 52.4 Å². The highest BCUT2D eigenvalue weighted by Crippen LogP contribution is 2.29. The molecule has 0 aromatic carbocycles. The van der Waals surface area contributed by atoms with Gasteiger partial charge in [0.1, 0.15) is 0 Å².